The maximum atomic E-state index is 9.38. The van der Waals surface area contributed by atoms with Crippen molar-refractivity contribution in [1.29, 1.82) is 5.26 Å². The first kappa shape index (κ1) is 12.9. The molecule has 1 heterocycles. The highest BCUT2D eigenvalue weighted by Gasteiger charge is 2.26. The second-order valence-corrected chi connectivity index (χ2v) is 5.94. The number of nitriles is 1. The zero-order chi connectivity index (χ0) is 14.3. The van der Waals surface area contributed by atoms with E-state index in [4.69, 9.17) is 0 Å². The standard InChI is InChI=1S/C17H19N3/c1-11(2)17-16(10-20(3)19-17)13-6-7-15(12-4-5-12)14(8-13)9-18/h6-8,10-12H,4-5H2,1-3H3. The van der Waals surface area contributed by atoms with Gasteiger partial charge < -0.3 is 0 Å². The summed E-state index contributed by atoms with van der Waals surface area (Å²) >= 11 is 0. The summed E-state index contributed by atoms with van der Waals surface area (Å²) in [6, 6.07) is 8.64. The molecule has 0 aliphatic heterocycles. The van der Waals surface area contributed by atoms with Crippen molar-refractivity contribution in [3.8, 4) is 17.2 Å². The molecule has 1 aromatic heterocycles. The molecular formula is C17H19N3. The van der Waals surface area contributed by atoms with E-state index in [0.717, 1.165) is 22.4 Å². The van der Waals surface area contributed by atoms with Gasteiger partial charge in [-0.3, -0.25) is 4.68 Å². The molecule has 3 heteroatoms. The fourth-order valence-corrected chi connectivity index (χ4v) is 2.73. The van der Waals surface area contributed by atoms with Gasteiger partial charge in [-0.15, -0.1) is 0 Å². The number of benzene rings is 1. The highest BCUT2D eigenvalue weighted by Crippen LogP contribution is 2.42. The molecule has 0 amide bonds. The van der Waals surface area contributed by atoms with Gasteiger partial charge in [-0.1, -0.05) is 26.0 Å². The molecule has 3 nitrogen and oxygen atoms in total. The number of aryl methyl sites for hydroxylation is 1. The molecule has 0 saturated heterocycles. The van der Waals surface area contributed by atoms with Crippen LogP contribution in [0.15, 0.2) is 24.4 Å². The Morgan fingerprint density at radius 2 is 2.10 bits per heavy atom. The number of hydrogen-bond acceptors (Lipinski definition) is 2. The fraction of sp³-hybridized carbons (Fsp3) is 0.412. The van der Waals surface area contributed by atoms with E-state index in [1.165, 1.54) is 18.4 Å². The van der Waals surface area contributed by atoms with E-state index in [9.17, 15) is 5.26 Å². The Morgan fingerprint density at radius 3 is 2.70 bits per heavy atom. The van der Waals surface area contributed by atoms with Gasteiger partial charge in [-0.25, -0.2) is 0 Å². The van der Waals surface area contributed by atoms with Crippen LogP contribution in [-0.2, 0) is 7.05 Å². The molecule has 0 atom stereocenters. The van der Waals surface area contributed by atoms with E-state index in [2.05, 4.69) is 37.1 Å². The van der Waals surface area contributed by atoms with Crippen molar-refractivity contribution in [2.75, 3.05) is 0 Å². The van der Waals surface area contributed by atoms with E-state index in [-0.39, 0.29) is 0 Å². The summed E-state index contributed by atoms with van der Waals surface area (Å²) in [7, 11) is 1.94. The third-order valence-electron chi connectivity index (χ3n) is 3.91. The molecule has 1 saturated carbocycles. The van der Waals surface area contributed by atoms with Crippen LogP contribution in [0.1, 0.15) is 55.3 Å². The third-order valence-corrected chi connectivity index (χ3v) is 3.91. The quantitative estimate of drug-likeness (QED) is 0.843. The zero-order valence-corrected chi connectivity index (χ0v) is 12.2. The van der Waals surface area contributed by atoms with Crippen molar-refractivity contribution in [3.05, 3.63) is 41.2 Å². The van der Waals surface area contributed by atoms with Gasteiger partial charge in [0.2, 0.25) is 0 Å². The van der Waals surface area contributed by atoms with Crippen LogP contribution in [0.25, 0.3) is 11.1 Å². The Morgan fingerprint density at radius 1 is 1.35 bits per heavy atom. The van der Waals surface area contributed by atoms with Crippen LogP contribution in [0, 0.1) is 11.3 Å². The molecule has 1 aliphatic carbocycles. The average Bonchev–Trinajstić information content (AvgIpc) is 3.20. The average molecular weight is 265 g/mol. The molecule has 2 aromatic rings. The minimum atomic E-state index is 0.375. The number of aromatic nitrogens is 2. The Hall–Kier alpha value is -2.08. The molecule has 1 fully saturated rings. The Bertz CT molecular complexity index is 685. The molecule has 0 unspecified atom stereocenters. The van der Waals surface area contributed by atoms with Crippen molar-refractivity contribution in [2.45, 2.75) is 38.5 Å². The van der Waals surface area contributed by atoms with Crippen molar-refractivity contribution >= 4 is 0 Å². The highest BCUT2D eigenvalue weighted by atomic mass is 15.3. The van der Waals surface area contributed by atoms with Gasteiger partial charge in [-0.05, 0) is 41.9 Å². The normalized spacial score (nSPS) is 14.6. The van der Waals surface area contributed by atoms with Crippen LogP contribution >= 0.6 is 0 Å². The van der Waals surface area contributed by atoms with Crippen LogP contribution in [0.2, 0.25) is 0 Å². The summed E-state index contributed by atoms with van der Waals surface area (Å²) in [5.74, 6) is 0.983. The Kier molecular flexibility index (Phi) is 3.10. The second-order valence-electron chi connectivity index (χ2n) is 5.94. The molecule has 1 aromatic carbocycles. The van der Waals surface area contributed by atoms with Crippen LogP contribution < -0.4 is 0 Å². The van der Waals surface area contributed by atoms with Crippen molar-refractivity contribution in [2.24, 2.45) is 7.05 Å². The SMILES string of the molecule is CC(C)c1nn(C)cc1-c1ccc(C2CC2)c(C#N)c1. The predicted molar refractivity (Wildman–Crippen MR) is 79.4 cm³/mol. The first-order valence-electron chi connectivity index (χ1n) is 7.18. The maximum Gasteiger partial charge on any atom is 0.0994 e. The zero-order valence-electron chi connectivity index (χ0n) is 12.2. The number of hydrogen-bond donors (Lipinski definition) is 0. The number of nitrogens with zero attached hydrogens (tertiary/aromatic N) is 3. The smallest absolute Gasteiger partial charge is 0.0994 e. The van der Waals surface area contributed by atoms with Gasteiger partial charge in [0, 0.05) is 18.8 Å². The van der Waals surface area contributed by atoms with Gasteiger partial charge in [0.25, 0.3) is 0 Å². The van der Waals surface area contributed by atoms with E-state index in [0.29, 0.717) is 11.8 Å². The molecule has 0 N–H and O–H groups in total. The molecule has 0 spiro atoms. The molecule has 102 valence electrons. The Balaban J connectivity index is 2.09. The summed E-state index contributed by atoms with van der Waals surface area (Å²) < 4.78 is 1.85. The molecule has 3 rings (SSSR count). The lowest BCUT2D eigenvalue weighted by molar-refractivity contribution is 0.713. The topological polar surface area (TPSA) is 41.6 Å². The monoisotopic (exact) mass is 265 g/mol. The summed E-state index contributed by atoms with van der Waals surface area (Å²) in [5, 5.41) is 13.9. The van der Waals surface area contributed by atoms with Gasteiger partial charge in [0.05, 0.1) is 17.3 Å². The van der Waals surface area contributed by atoms with Crippen LogP contribution in [0.3, 0.4) is 0 Å². The summed E-state index contributed by atoms with van der Waals surface area (Å²) in [5.41, 5.74) is 5.37. The van der Waals surface area contributed by atoms with E-state index >= 15 is 0 Å². The van der Waals surface area contributed by atoms with E-state index in [1.54, 1.807) is 0 Å². The van der Waals surface area contributed by atoms with Crippen molar-refractivity contribution in [1.82, 2.24) is 9.78 Å². The molecule has 20 heavy (non-hydrogen) atoms. The van der Waals surface area contributed by atoms with Crippen molar-refractivity contribution < 1.29 is 0 Å². The molecule has 0 bridgehead atoms. The molecule has 0 radical (unpaired) electrons. The van der Waals surface area contributed by atoms with E-state index < -0.39 is 0 Å². The van der Waals surface area contributed by atoms with Crippen LogP contribution in [-0.4, -0.2) is 9.78 Å². The fourth-order valence-electron chi connectivity index (χ4n) is 2.73. The van der Waals surface area contributed by atoms with Crippen LogP contribution in [0.4, 0.5) is 0 Å². The lowest BCUT2D eigenvalue weighted by Crippen LogP contribution is -1.94. The lowest BCUT2D eigenvalue weighted by atomic mass is 9.95. The van der Waals surface area contributed by atoms with Gasteiger partial charge in [-0.2, -0.15) is 10.4 Å². The summed E-state index contributed by atoms with van der Waals surface area (Å²) in [6.07, 6.45) is 4.49. The van der Waals surface area contributed by atoms with Gasteiger partial charge in [0.15, 0.2) is 0 Å². The second kappa shape index (κ2) is 4.79. The Labute approximate surface area is 119 Å². The molecular weight excluding hydrogens is 246 g/mol. The summed E-state index contributed by atoms with van der Waals surface area (Å²) in [4.78, 5) is 0. The first-order valence-corrected chi connectivity index (χ1v) is 7.18. The minimum absolute atomic E-state index is 0.375. The first-order chi connectivity index (χ1) is 9.60. The van der Waals surface area contributed by atoms with Gasteiger partial charge in [0.1, 0.15) is 0 Å². The van der Waals surface area contributed by atoms with Crippen molar-refractivity contribution in [3.63, 3.8) is 0 Å². The molecule has 1 aliphatic rings. The maximum absolute atomic E-state index is 9.38. The van der Waals surface area contributed by atoms with Crippen LogP contribution in [0.5, 0.6) is 0 Å². The summed E-state index contributed by atoms with van der Waals surface area (Å²) in [6.45, 7) is 4.30. The largest absolute Gasteiger partial charge is 0.275 e. The third kappa shape index (κ3) is 2.22. The van der Waals surface area contributed by atoms with E-state index in [1.807, 2.05) is 24.0 Å². The number of rotatable bonds is 3. The predicted octanol–water partition coefficient (Wildman–Crippen LogP) is 3.96. The lowest BCUT2D eigenvalue weighted by Gasteiger charge is -2.08. The highest BCUT2D eigenvalue weighted by molar-refractivity contribution is 5.68. The van der Waals surface area contributed by atoms with Gasteiger partial charge >= 0.3 is 0 Å². The minimum Gasteiger partial charge on any atom is -0.275 e.